The normalized spacial score (nSPS) is 14.9. The lowest BCUT2D eigenvalue weighted by atomic mass is 10.1. The molecule has 0 aromatic carbocycles. The van der Waals surface area contributed by atoms with Gasteiger partial charge in [0.15, 0.2) is 0 Å². The molecule has 2 atom stereocenters. The van der Waals surface area contributed by atoms with Crippen LogP contribution in [-0.2, 0) is 6.54 Å². The van der Waals surface area contributed by atoms with Crippen molar-refractivity contribution >= 4 is 27.3 Å². The minimum absolute atomic E-state index is 0.0169. The lowest BCUT2D eigenvalue weighted by Gasteiger charge is -2.29. The van der Waals surface area contributed by atoms with Crippen LogP contribution in [0.25, 0.3) is 0 Å². The van der Waals surface area contributed by atoms with Gasteiger partial charge in [-0.05, 0) is 59.0 Å². The van der Waals surface area contributed by atoms with E-state index >= 15 is 0 Å². The molecule has 18 heavy (non-hydrogen) atoms. The zero-order valence-electron chi connectivity index (χ0n) is 10.5. The molecular weight excluding hydrogens is 312 g/mol. The first-order chi connectivity index (χ1) is 8.58. The van der Waals surface area contributed by atoms with Gasteiger partial charge < -0.3 is 10.2 Å². The van der Waals surface area contributed by atoms with Gasteiger partial charge in [-0.15, -0.1) is 11.3 Å². The van der Waals surface area contributed by atoms with Crippen LogP contribution in [0.15, 0.2) is 38.0 Å². The number of thiophene rings is 1. The highest BCUT2D eigenvalue weighted by Gasteiger charge is 2.23. The largest absolute Gasteiger partial charge is 0.468 e. The van der Waals surface area contributed by atoms with Crippen LogP contribution in [0.2, 0.25) is 0 Å². The van der Waals surface area contributed by atoms with Gasteiger partial charge >= 0.3 is 0 Å². The second-order valence-electron chi connectivity index (χ2n) is 4.49. The molecule has 2 rings (SSSR count). The van der Waals surface area contributed by atoms with E-state index in [0.29, 0.717) is 0 Å². The van der Waals surface area contributed by atoms with Gasteiger partial charge in [0.25, 0.3) is 0 Å². The lowest BCUT2D eigenvalue weighted by Crippen LogP contribution is -2.36. The summed E-state index contributed by atoms with van der Waals surface area (Å²) < 4.78 is 6.65. The van der Waals surface area contributed by atoms with Gasteiger partial charge in [-0.3, -0.25) is 4.90 Å². The summed E-state index contributed by atoms with van der Waals surface area (Å²) in [5.74, 6) is 0.918. The van der Waals surface area contributed by atoms with Crippen molar-refractivity contribution in [2.75, 3.05) is 7.05 Å². The maximum Gasteiger partial charge on any atom is 0.122 e. The molecule has 5 heteroatoms. The molecule has 0 saturated heterocycles. The Morgan fingerprint density at radius 2 is 2.33 bits per heavy atom. The van der Waals surface area contributed by atoms with Crippen LogP contribution < -0.4 is 5.73 Å². The van der Waals surface area contributed by atoms with Crippen LogP contribution in [-0.4, -0.2) is 18.0 Å². The Morgan fingerprint density at radius 1 is 1.56 bits per heavy atom. The van der Waals surface area contributed by atoms with Crippen molar-refractivity contribution in [2.24, 2.45) is 5.73 Å². The average molecular weight is 329 g/mol. The number of nitrogens with zero attached hydrogens (tertiary/aromatic N) is 1. The second kappa shape index (κ2) is 6.02. The Hall–Kier alpha value is -0.620. The standard InChI is InChI=1S/C13H17BrN2OS/c1-9(15)13(11-4-3-5-17-11)16(2)7-10-6-12(14)18-8-10/h3-6,8-9,13H,7,15H2,1-2H3. The Bertz CT molecular complexity index is 481. The predicted molar refractivity (Wildman–Crippen MR) is 78.6 cm³/mol. The Balaban J connectivity index is 2.11. The van der Waals surface area contributed by atoms with E-state index < -0.39 is 0 Å². The number of nitrogens with two attached hydrogens (primary N) is 1. The summed E-state index contributed by atoms with van der Waals surface area (Å²) in [7, 11) is 2.07. The monoisotopic (exact) mass is 328 g/mol. The second-order valence-corrected chi connectivity index (χ2v) is 6.78. The number of hydrogen-bond donors (Lipinski definition) is 1. The Morgan fingerprint density at radius 3 is 2.83 bits per heavy atom. The van der Waals surface area contributed by atoms with E-state index in [1.54, 1.807) is 17.6 Å². The number of hydrogen-bond acceptors (Lipinski definition) is 4. The summed E-state index contributed by atoms with van der Waals surface area (Å²) in [5.41, 5.74) is 7.36. The molecule has 98 valence electrons. The van der Waals surface area contributed by atoms with Crippen LogP contribution in [0.1, 0.15) is 24.3 Å². The third kappa shape index (κ3) is 3.23. The molecule has 0 aliphatic rings. The molecule has 2 N–H and O–H groups in total. The molecule has 2 aromatic heterocycles. The molecule has 0 bridgehead atoms. The fourth-order valence-electron chi connectivity index (χ4n) is 2.15. The fraction of sp³-hybridized carbons (Fsp3) is 0.385. The molecule has 2 unspecified atom stereocenters. The van der Waals surface area contributed by atoms with Crippen molar-refractivity contribution in [3.05, 3.63) is 45.0 Å². The molecule has 0 aliphatic carbocycles. The van der Waals surface area contributed by atoms with Crippen molar-refractivity contribution in [2.45, 2.75) is 25.6 Å². The average Bonchev–Trinajstić information content (AvgIpc) is 2.90. The summed E-state index contributed by atoms with van der Waals surface area (Å²) in [4.78, 5) is 2.22. The van der Waals surface area contributed by atoms with Gasteiger partial charge in [0.1, 0.15) is 5.76 Å². The molecule has 2 heterocycles. The first kappa shape index (κ1) is 13.8. The smallest absolute Gasteiger partial charge is 0.122 e. The topological polar surface area (TPSA) is 42.4 Å². The molecule has 0 aliphatic heterocycles. The first-order valence-corrected chi connectivity index (χ1v) is 7.47. The summed E-state index contributed by atoms with van der Waals surface area (Å²) in [6.45, 7) is 2.86. The zero-order valence-corrected chi connectivity index (χ0v) is 12.9. The molecule has 0 radical (unpaired) electrons. The van der Waals surface area contributed by atoms with Gasteiger partial charge in [0.05, 0.1) is 16.1 Å². The quantitative estimate of drug-likeness (QED) is 0.911. The maximum atomic E-state index is 6.08. The summed E-state index contributed by atoms with van der Waals surface area (Å²) in [6, 6.07) is 6.14. The van der Waals surface area contributed by atoms with Crippen molar-refractivity contribution in [3.8, 4) is 0 Å². The maximum absolute atomic E-state index is 6.08. The van der Waals surface area contributed by atoms with Gasteiger partial charge in [0, 0.05) is 12.6 Å². The van der Waals surface area contributed by atoms with Crippen LogP contribution in [0, 0.1) is 0 Å². The third-order valence-electron chi connectivity index (χ3n) is 2.86. The number of furan rings is 1. The molecule has 0 saturated carbocycles. The molecule has 2 aromatic rings. The van der Waals surface area contributed by atoms with Crippen molar-refractivity contribution < 1.29 is 4.42 Å². The minimum atomic E-state index is 0.0169. The number of likely N-dealkylation sites (N-methyl/N-ethyl adjacent to an activating group) is 1. The van der Waals surface area contributed by atoms with Gasteiger partial charge in [-0.2, -0.15) is 0 Å². The molecule has 3 nitrogen and oxygen atoms in total. The molecule has 0 spiro atoms. The molecular formula is C13H17BrN2OS. The van der Waals surface area contributed by atoms with Gasteiger partial charge in [-0.25, -0.2) is 0 Å². The highest BCUT2D eigenvalue weighted by Crippen LogP contribution is 2.27. The van der Waals surface area contributed by atoms with Crippen LogP contribution in [0.4, 0.5) is 0 Å². The van der Waals surface area contributed by atoms with E-state index in [0.717, 1.165) is 16.1 Å². The van der Waals surface area contributed by atoms with E-state index in [9.17, 15) is 0 Å². The van der Waals surface area contributed by atoms with Gasteiger partial charge in [0.2, 0.25) is 0 Å². The highest BCUT2D eigenvalue weighted by atomic mass is 79.9. The molecule has 0 fully saturated rings. The van der Waals surface area contributed by atoms with E-state index in [4.69, 9.17) is 10.2 Å². The minimum Gasteiger partial charge on any atom is -0.468 e. The van der Waals surface area contributed by atoms with Gasteiger partial charge in [-0.1, -0.05) is 0 Å². The Kier molecular flexibility index (Phi) is 4.61. The summed E-state index contributed by atoms with van der Waals surface area (Å²) >= 11 is 5.18. The van der Waals surface area contributed by atoms with E-state index in [1.807, 2.05) is 19.1 Å². The van der Waals surface area contributed by atoms with E-state index in [1.165, 1.54) is 5.56 Å². The first-order valence-electron chi connectivity index (χ1n) is 5.80. The zero-order chi connectivity index (χ0) is 13.1. The number of rotatable bonds is 5. The predicted octanol–water partition coefficient (Wildman–Crippen LogP) is 3.62. The van der Waals surface area contributed by atoms with Crippen molar-refractivity contribution in [3.63, 3.8) is 0 Å². The van der Waals surface area contributed by atoms with E-state index in [2.05, 4.69) is 39.3 Å². The van der Waals surface area contributed by atoms with Crippen LogP contribution in [0.3, 0.4) is 0 Å². The Labute approximate surface area is 120 Å². The fourth-order valence-corrected chi connectivity index (χ4v) is 3.35. The third-order valence-corrected chi connectivity index (χ3v) is 4.41. The lowest BCUT2D eigenvalue weighted by molar-refractivity contribution is 0.184. The number of halogens is 1. The molecule has 0 amide bonds. The van der Waals surface area contributed by atoms with Crippen LogP contribution in [0.5, 0.6) is 0 Å². The SMILES string of the molecule is CC(N)C(c1ccco1)N(C)Cc1csc(Br)c1. The highest BCUT2D eigenvalue weighted by molar-refractivity contribution is 9.11. The van der Waals surface area contributed by atoms with Crippen LogP contribution >= 0.6 is 27.3 Å². The summed E-state index contributed by atoms with van der Waals surface area (Å²) in [5, 5.41) is 2.15. The van der Waals surface area contributed by atoms with Crippen molar-refractivity contribution in [1.29, 1.82) is 0 Å². The van der Waals surface area contributed by atoms with Crippen molar-refractivity contribution in [1.82, 2.24) is 4.90 Å². The van der Waals surface area contributed by atoms with E-state index in [-0.39, 0.29) is 12.1 Å². The summed E-state index contributed by atoms with van der Waals surface area (Å²) in [6.07, 6.45) is 1.69.